The maximum Gasteiger partial charge on any atom is 0.393 e. The first-order valence-corrected chi connectivity index (χ1v) is 14.3. The molecular formula is C27H33F3N6S. The van der Waals surface area contributed by atoms with Gasteiger partial charge < -0.3 is 15.1 Å². The Kier molecular flexibility index (Phi) is 6.78. The van der Waals surface area contributed by atoms with E-state index in [4.69, 9.17) is 0 Å². The number of likely N-dealkylation sites (tertiary alicyclic amines) is 1. The molecule has 4 heterocycles. The number of nitrogens with one attached hydrogen (secondary N) is 1. The predicted molar refractivity (Wildman–Crippen MR) is 138 cm³/mol. The average Bonchev–Trinajstić information content (AvgIpc) is 3.48. The van der Waals surface area contributed by atoms with Crippen molar-refractivity contribution in [1.82, 2.24) is 19.8 Å². The first kappa shape index (κ1) is 24.9. The Labute approximate surface area is 219 Å². The number of nitrogens with zero attached hydrogens (tertiary/aromatic N) is 5. The van der Waals surface area contributed by atoms with Crippen LogP contribution in [0.15, 0.2) is 24.2 Å². The number of halogens is 3. The molecule has 1 N–H and O–H groups in total. The summed E-state index contributed by atoms with van der Waals surface area (Å²) < 4.78 is 38.5. The smallest absolute Gasteiger partial charge is 0.367 e. The first-order valence-electron chi connectivity index (χ1n) is 13.5. The summed E-state index contributed by atoms with van der Waals surface area (Å²) in [7, 11) is 0. The largest absolute Gasteiger partial charge is 0.393 e. The third-order valence-corrected chi connectivity index (χ3v) is 9.56. The van der Waals surface area contributed by atoms with Crippen LogP contribution < -0.4 is 5.32 Å². The topological polar surface area (TPSA) is 68.1 Å². The summed E-state index contributed by atoms with van der Waals surface area (Å²) in [5.41, 5.74) is 0.907. The average molecular weight is 531 g/mol. The zero-order chi connectivity index (χ0) is 25.6. The molecule has 37 heavy (non-hydrogen) atoms. The Hall–Kier alpha value is -2.38. The number of allylic oxidation sites excluding steroid dienone is 1. The van der Waals surface area contributed by atoms with Gasteiger partial charge in [0.05, 0.1) is 11.8 Å². The van der Waals surface area contributed by atoms with Gasteiger partial charge in [0.25, 0.3) is 0 Å². The summed E-state index contributed by atoms with van der Waals surface area (Å²) in [6.45, 7) is 4.19. The fourth-order valence-corrected chi connectivity index (χ4v) is 7.55. The minimum atomic E-state index is -4.23. The second-order valence-electron chi connectivity index (χ2n) is 11.3. The monoisotopic (exact) mass is 530 g/mol. The number of hydrogen-bond acceptors (Lipinski definition) is 7. The van der Waals surface area contributed by atoms with Crippen LogP contribution in [-0.2, 0) is 6.42 Å². The second kappa shape index (κ2) is 10.1. The molecule has 1 saturated heterocycles. The van der Waals surface area contributed by atoms with Crippen molar-refractivity contribution in [3.63, 3.8) is 0 Å². The molecule has 10 heteroatoms. The molecule has 2 aromatic heterocycles. The molecule has 3 fully saturated rings. The number of aromatic nitrogens is 2. The molecule has 0 bridgehead atoms. The zero-order valence-corrected chi connectivity index (χ0v) is 21.7. The molecule has 2 aliphatic heterocycles. The number of rotatable bonds is 7. The van der Waals surface area contributed by atoms with Crippen molar-refractivity contribution in [1.29, 1.82) is 5.26 Å². The lowest BCUT2D eigenvalue weighted by molar-refractivity contribution is -0.126. The van der Waals surface area contributed by atoms with E-state index >= 15 is 0 Å². The fraction of sp³-hybridized carbons (Fsp3) is 0.667. The van der Waals surface area contributed by atoms with Gasteiger partial charge in [-0.25, -0.2) is 9.97 Å². The van der Waals surface area contributed by atoms with Gasteiger partial charge in [0.2, 0.25) is 0 Å². The molecule has 2 aromatic rings. The van der Waals surface area contributed by atoms with Crippen molar-refractivity contribution < 1.29 is 13.2 Å². The summed E-state index contributed by atoms with van der Waals surface area (Å²) in [6.07, 6.45) is 6.71. The van der Waals surface area contributed by atoms with Crippen LogP contribution in [0, 0.1) is 29.1 Å². The lowest BCUT2D eigenvalue weighted by Gasteiger charge is -2.40. The maximum absolute atomic E-state index is 12.8. The van der Waals surface area contributed by atoms with Crippen LogP contribution >= 0.6 is 11.3 Å². The third kappa shape index (κ3) is 5.73. The quantitative estimate of drug-likeness (QED) is 0.503. The van der Waals surface area contributed by atoms with E-state index in [1.807, 2.05) is 0 Å². The molecule has 6 rings (SSSR count). The van der Waals surface area contributed by atoms with Crippen LogP contribution in [0.25, 0.3) is 10.2 Å². The van der Waals surface area contributed by atoms with Crippen LogP contribution in [0.1, 0.15) is 49.8 Å². The highest BCUT2D eigenvalue weighted by Crippen LogP contribution is 2.43. The van der Waals surface area contributed by atoms with Gasteiger partial charge in [-0.3, -0.25) is 0 Å². The highest BCUT2D eigenvalue weighted by atomic mass is 32.1. The molecule has 6 nitrogen and oxygen atoms in total. The number of nitriles is 1. The summed E-state index contributed by atoms with van der Waals surface area (Å²) in [5.74, 6) is 2.62. The highest BCUT2D eigenvalue weighted by molar-refractivity contribution is 7.18. The molecule has 0 amide bonds. The summed E-state index contributed by atoms with van der Waals surface area (Å²) in [4.78, 5) is 14.4. The number of thiophene rings is 1. The van der Waals surface area contributed by atoms with Crippen LogP contribution in [0.2, 0.25) is 0 Å². The van der Waals surface area contributed by atoms with E-state index in [1.165, 1.54) is 38.4 Å². The van der Waals surface area contributed by atoms with Crippen molar-refractivity contribution in [3.8, 4) is 6.07 Å². The van der Waals surface area contributed by atoms with Gasteiger partial charge >= 0.3 is 6.18 Å². The Morgan fingerprint density at radius 2 is 1.84 bits per heavy atom. The molecule has 4 aliphatic rings. The van der Waals surface area contributed by atoms with Crippen LogP contribution in [0.3, 0.4) is 0 Å². The van der Waals surface area contributed by atoms with Crippen LogP contribution in [0.5, 0.6) is 0 Å². The minimum absolute atomic E-state index is 0.253. The van der Waals surface area contributed by atoms with E-state index in [-0.39, 0.29) is 10.9 Å². The second-order valence-corrected chi connectivity index (χ2v) is 12.4. The van der Waals surface area contributed by atoms with Crippen molar-refractivity contribution in [2.45, 2.75) is 69.6 Å². The van der Waals surface area contributed by atoms with E-state index in [0.29, 0.717) is 33.9 Å². The Morgan fingerprint density at radius 1 is 1.05 bits per heavy atom. The molecule has 0 radical (unpaired) electrons. The van der Waals surface area contributed by atoms with E-state index in [2.05, 4.69) is 37.2 Å². The van der Waals surface area contributed by atoms with Gasteiger partial charge in [-0.1, -0.05) is 0 Å². The Bertz CT molecular complexity index is 1190. The van der Waals surface area contributed by atoms with E-state index in [1.54, 1.807) is 6.07 Å². The summed E-state index contributed by atoms with van der Waals surface area (Å²) >= 11 is 1.09. The number of hydrogen-bond donors (Lipinski definition) is 1. The molecule has 2 aliphatic carbocycles. The molecule has 0 spiro atoms. The van der Waals surface area contributed by atoms with Gasteiger partial charge in [0.15, 0.2) is 0 Å². The van der Waals surface area contributed by atoms with E-state index in [9.17, 15) is 18.4 Å². The van der Waals surface area contributed by atoms with Crippen LogP contribution in [0.4, 0.5) is 19.0 Å². The standard InChI is InChI=1S/C27H33F3N6S/c28-27(29,30)12-22-11-23-25(32-16-33-26(23)37-22)34-20-5-7-35(8-6-20)14-18-3-4-24-19(9-18)10-21(13-31)36(24)15-17-1-2-17/h10-11,16-20,24H,1-9,12,14-15H2,(H,32,33,34). The van der Waals surface area contributed by atoms with Crippen molar-refractivity contribution >= 4 is 27.4 Å². The molecular weight excluding hydrogens is 497 g/mol. The van der Waals surface area contributed by atoms with E-state index in [0.717, 1.165) is 62.0 Å². The zero-order valence-electron chi connectivity index (χ0n) is 20.9. The van der Waals surface area contributed by atoms with Crippen molar-refractivity contribution in [2.24, 2.45) is 17.8 Å². The van der Waals surface area contributed by atoms with Crippen LogP contribution in [-0.4, -0.2) is 64.2 Å². The highest BCUT2D eigenvalue weighted by Gasteiger charge is 2.41. The maximum atomic E-state index is 12.8. The van der Waals surface area contributed by atoms with Gasteiger partial charge in [-0.15, -0.1) is 11.3 Å². The molecule has 3 unspecified atom stereocenters. The third-order valence-electron chi connectivity index (χ3n) is 8.52. The fourth-order valence-electron chi connectivity index (χ4n) is 6.53. The van der Waals surface area contributed by atoms with Gasteiger partial charge in [0, 0.05) is 49.1 Å². The van der Waals surface area contributed by atoms with Gasteiger partial charge in [0.1, 0.15) is 28.7 Å². The lowest BCUT2D eigenvalue weighted by atomic mass is 9.78. The summed E-state index contributed by atoms with van der Waals surface area (Å²) in [6, 6.07) is 4.82. The van der Waals surface area contributed by atoms with Crippen molar-refractivity contribution in [3.05, 3.63) is 29.0 Å². The predicted octanol–water partition coefficient (Wildman–Crippen LogP) is 5.59. The minimum Gasteiger partial charge on any atom is -0.367 e. The number of alkyl halides is 3. The number of fused-ring (bicyclic) bond motifs is 2. The summed E-state index contributed by atoms with van der Waals surface area (Å²) in [5, 5.41) is 13.8. The molecule has 2 saturated carbocycles. The Morgan fingerprint density at radius 3 is 2.57 bits per heavy atom. The molecule has 198 valence electrons. The normalized spacial score (nSPS) is 27.2. The first-order chi connectivity index (χ1) is 17.8. The van der Waals surface area contributed by atoms with Gasteiger partial charge in [-0.05, 0) is 68.9 Å². The van der Waals surface area contributed by atoms with E-state index < -0.39 is 12.6 Å². The Balaban J connectivity index is 1.01. The lowest BCUT2D eigenvalue weighted by Crippen LogP contribution is -2.44. The molecule has 3 atom stereocenters. The molecule has 0 aromatic carbocycles. The van der Waals surface area contributed by atoms with Gasteiger partial charge in [-0.2, -0.15) is 18.4 Å². The SMILES string of the molecule is N#CC1=CC2CC(CN3CCC(Nc4ncnc5sc(CC(F)(F)F)cc45)CC3)CCC2N1CC1CC1. The van der Waals surface area contributed by atoms with Crippen molar-refractivity contribution in [2.75, 3.05) is 31.5 Å². The number of anilines is 1. The number of piperidine rings is 1.